The van der Waals surface area contributed by atoms with Gasteiger partial charge in [0.05, 0.1) is 22.2 Å². The smallest absolute Gasteiger partial charge is 0.228 e. The Morgan fingerprint density at radius 3 is 2.95 bits per heavy atom. The van der Waals surface area contributed by atoms with Crippen molar-refractivity contribution in [1.82, 2.24) is 9.88 Å². The van der Waals surface area contributed by atoms with Crippen LogP contribution in [0.15, 0.2) is 27.2 Å². The second kappa shape index (κ2) is 7.77. The van der Waals surface area contributed by atoms with Crippen molar-refractivity contribution in [2.75, 3.05) is 13.6 Å². The molecule has 0 bridgehead atoms. The third-order valence-corrected chi connectivity index (χ3v) is 4.36. The van der Waals surface area contributed by atoms with Gasteiger partial charge in [0.1, 0.15) is 6.10 Å². The van der Waals surface area contributed by atoms with Crippen molar-refractivity contribution in [2.24, 2.45) is 4.99 Å². The Labute approximate surface area is 141 Å². The summed E-state index contributed by atoms with van der Waals surface area (Å²) in [5, 5.41) is 0. The van der Waals surface area contributed by atoms with E-state index in [4.69, 9.17) is 4.74 Å². The van der Waals surface area contributed by atoms with Crippen LogP contribution in [0.3, 0.4) is 0 Å². The average molecular weight is 366 g/mol. The minimum atomic E-state index is 0.123. The van der Waals surface area contributed by atoms with Crippen molar-refractivity contribution < 1.29 is 4.74 Å². The van der Waals surface area contributed by atoms with Crippen molar-refractivity contribution >= 4 is 28.0 Å². The standard InChI is InChI=1S/C17H24BrN3O/c1-5-21(4)11-19-16-10-15(18)17(20-13(16)3)22-14-8-6-7-12(2)9-14/h9-11,14H,5-8H2,1-4H3. The topological polar surface area (TPSA) is 37.7 Å². The molecule has 1 aliphatic carbocycles. The average Bonchev–Trinajstić information content (AvgIpc) is 2.49. The lowest BCUT2D eigenvalue weighted by molar-refractivity contribution is 0.217. The number of halogens is 1. The van der Waals surface area contributed by atoms with Crippen molar-refractivity contribution in [3.8, 4) is 5.88 Å². The van der Waals surface area contributed by atoms with Gasteiger partial charge in [0.15, 0.2) is 0 Å². The first-order chi connectivity index (χ1) is 10.5. The highest BCUT2D eigenvalue weighted by Crippen LogP contribution is 2.31. The first-order valence-corrected chi connectivity index (χ1v) is 8.54. The summed E-state index contributed by atoms with van der Waals surface area (Å²) < 4.78 is 6.89. The van der Waals surface area contributed by atoms with Crippen molar-refractivity contribution in [2.45, 2.75) is 46.1 Å². The highest BCUT2D eigenvalue weighted by atomic mass is 79.9. The van der Waals surface area contributed by atoms with Gasteiger partial charge in [0.25, 0.3) is 0 Å². The fourth-order valence-corrected chi connectivity index (χ4v) is 2.71. The van der Waals surface area contributed by atoms with Crippen LogP contribution in [-0.2, 0) is 0 Å². The van der Waals surface area contributed by atoms with Gasteiger partial charge in [-0.05, 0) is 68.1 Å². The van der Waals surface area contributed by atoms with E-state index in [2.05, 4.69) is 45.8 Å². The molecule has 1 aromatic heterocycles. The predicted molar refractivity (Wildman–Crippen MR) is 95.2 cm³/mol. The number of hydrogen-bond donors (Lipinski definition) is 0. The summed E-state index contributed by atoms with van der Waals surface area (Å²) in [5.74, 6) is 0.649. The molecule has 1 unspecified atom stereocenters. The Kier molecular flexibility index (Phi) is 6.00. The Bertz CT molecular complexity index is 584. The summed E-state index contributed by atoms with van der Waals surface area (Å²) in [6.45, 7) is 7.13. The number of ether oxygens (including phenoxy) is 1. The van der Waals surface area contributed by atoms with E-state index in [-0.39, 0.29) is 6.10 Å². The Morgan fingerprint density at radius 1 is 1.50 bits per heavy atom. The molecule has 0 spiro atoms. The van der Waals surface area contributed by atoms with Crippen molar-refractivity contribution in [1.29, 1.82) is 0 Å². The second-order valence-electron chi connectivity index (χ2n) is 5.76. The summed E-state index contributed by atoms with van der Waals surface area (Å²) in [7, 11) is 2.00. The van der Waals surface area contributed by atoms with Gasteiger partial charge in [-0.15, -0.1) is 0 Å². The van der Waals surface area contributed by atoms with E-state index in [9.17, 15) is 0 Å². The summed E-state index contributed by atoms with van der Waals surface area (Å²) in [6, 6.07) is 1.97. The number of allylic oxidation sites excluding steroid dienone is 1. The molecule has 0 saturated carbocycles. The normalized spacial score (nSPS) is 18.4. The van der Waals surface area contributed by atoms with Gasteiger partial charge < -0.3 is 9.64 Å². The largest absolute Gasteiger partial charge is 0.469 e. The zero-order valence-electron chi connectivity index (χ0n) is 13.8. The summed E-state index contributed by atoms with van der Waals surface area (Å²) in [5.41, 5.74) is 3.12. The van der Waals surface area contributed by atoms with Crippen LogP contribution in [0.4, 0.5) is 5.69 Å². The van der Waals surface area contributed by atoms with E-state index in [1.807, 2.05) is 31.3 Å². The predicted octanol–water partition coefficient (Wildman–Crippen LogP) is 4.64. The number of aliphatic imine (C=N–C) groups is 1. The second-order valence-corrected chi connectivity index (χ2v) is 6.61. The fraction of sp³-hybridized carbons (Fsp3) is 0.529. The number of hydrogen-bond acceptors (Lipinski definition) is 3. The lowest BCUT2D eigenvalue weighted by atomic mass is 9.99. The van der Waals surface area contributed by atoms with Gasteiger partial charge in [-0.1, -0.05) is 5.57 Å². The summed E-state index contributed by atoms with van der Waals surface area (Å²) >= 11 is 3.55. The molecular weight excluding hydrogens is 342 g/mol. The summed E-state index contributed by atoms with van der Waals surface area (Å²) in [6.07, 6.45) is 7.55. The number of aryl methyl sites for hydroxylation is 1. The van der Waals surface area contributed by atoms with E-state index in [0.29, 0.717) is 5.88 Å². The first-order valence-electron chi connectivity index (χ1n) is 7.75. The van der Waals surface area contributed by atoms with Crippen LogP contribution in [0.1, 0.15) is 38.8 Å². The molecule has 0 amide bonds. The molecule has 4 nitrogen and oxygen atoms in total. The Morgan fingerprint density at radius 2 is 2.27 bits per heavy atom. The number of pyridine rings is 1. The molecule has 0 radical (unpaired) electrons. The highest BCUT2D eigenvalue weighted by Gasteiger charge is 2.16. The monoisotopic (exact) mass is 365 g/mol. The number of nitrogens with zero attached hydrogens (tertiary/aromatic N) is 3. The molecule has 0 aliphatic heterocycles. The minimum absolute atomic E-state index is 0.123. The van der Waals surface area contributed by atoms with Gasteiger partial charge in [0.2, 0.25) is 5.88 Å². The molecule has 1 heterocycles. The molecule has 1 aliphatic rings. The SMILES string of the molecule is CCN(C)C=Nc1cc(Br)c(OC2C=C(C)CCC2)nc1C. The van der Waals surface area contributed by atoms with Crippen LogP contribution in [0.2, 0.25) is 0 Å². The van der Waals surface area contributed by atoms with Gasteiger partial charge in [-0.25, -0.2) is 9.98 Å². The molecule has 2 rings (SSSR count). The van der Waals surface area contributed by atoms with Crippen LogP contribution in [0.5, 0.6) is 5.88 Å². The molecule has 22 heavy (non-hydrogen) atoms. The lowest BCUT2D eigenvalue weighted by Gasteiger charge is -2.21. The fourth-order valence-electron chi connectivity index (χ4n) is 2.31. The maximum atomic E-state index is 6.04. The van der Waals surface area contributed by atoms with E-state index in [0.717, 1.165) is 28.8 Å². The van der Waals surface area contributed by atoms with Gasteiger partial charge in [-0.2, -0.15) is 0 Å². The van der Waals surface area contributed by atoms with E-state index in [1.54, 1.807) is 0 Å². The number of aromatic nitrogens is 1. The molecule has 1 aromatic rings. The molecule has 5 heteroatoms. The van der Waals surface area contributed by atoms with Crippen LogP contribution in [0, 0.1) is 6.92 Å². The first kappa shape index (κ1) is 17.0. The molecule has 1 atom stereocenters. The molecular formula is C17H24BrN3O. The van der Waals surface area contributed by atoms with Gasteiger partial charge in [-0.3, -0.25) is 0 Å². The molecule has 120 valence electrons. The third kappa shape index (κ3) is 4.57. The molecule has 0 saturated heterocycles. The number of rotatable bonds is 5. The Balaban J connectivity index is 2.16. The van der Waals surface area contributed by atoms with E-state index >= 15 is 0 Å². The van der Waals surface area contributed by atoms with Crippen LogP contribution < -0.4 is 4.74 Å². The highest BCUT2D eigenvalue weighted by molar-refractivity contribution is 9.10. The van der Waals surface area contributed by atoms with E-state index in [1.165, 1.54) is 18.4 Å². The third-order valence-electron chi connectivity index (χ3n) is 3.79. The zero-order valence-corrected chi connectivity index (χ0v) is 15.4. The quantitative estimate of drug-likeness (QED) is 0.433. The minimum Gasteiger partial charge on any atom is -0.469 e. The van der Waals surface area contributed by atoms with Crippen LogP contribution in [0.25, 0.3) is 0 Å². The molecule has 0 N–H and O–H groups in total. The molecule has 0 aromatic carbocycles. The van der Waals surface area contributed by atoms with Crippen molar-refractivity contribution in [3.05, 3.63) is 27.9 Å². The van der Waals surface area contributed by atoms with Gasteiger partial charge >= 0.3 is 0 Å². The van der Waals surface area contributed by atoms with E-state index < -0.39 is 0 Å². The summed E-state index contributed by atoms with van der Waals surface area (Å²) in [4.78, 5) is 11.1. The van der Waals surface area contributed by atoms with Crippen LogP contribution >= 0.6 is 15.9 Å². The molecule has 0 fully saturated rings. The zero-order chi connectivity index (χ0) is 16.1. The van der Waals surface area contributed by atoms with Crippen molar-refractivity contribution in [3.63, 3.8) is 0 Å². The van der Waals surface area contributed by atoms with Gasteiger partial charge in [0, 0.05) is 13.6 Å². The maximum Gasteiger partial charge on any atom is 0.228 e. The Hall–Kier alpha value is -1.36. The van der Waals surface area contributed by atoms with Crippen LogP contribution in [-0.4, -0.2) is 35.9 Å². The lowest BCUT2D eigenvalue weighted by Crippen LogP contribution is -2.18. The maximum absolute atomic E-state index is 6.04.